The van der Waals surface area contributed by atoms with Crippen LogP contribution in [0.25, 0.3) is 0 Å². The van der Waals surface area contributed by atoms with Crippen LogP contribution in [0.1, 0.15) is 71.6 Å². The van der Waals surface area contributed by atoms with E-state index in [1.165, 1.54) is 57.8 Å². The van der Waals surface area contributed by atoms with Gasteiger partial charge in [0, 0.05) is 0 Å². The molecule has 0 heterocycles. The molecule has 1 unspecified atom stereocenters. The largest absolute Gasteiger partial charge is 0.0856 e. The maximum atomic E-state index is 2.47. The molecule has 1 rings (SSSR count). The standard InChI is InChI=1S/C14H26/c1-3-14-11-6-4-5-9-13(2)10-7-8-12-14/h10,14H,3-9,11-12H2,1-2H3. The minimum absolute atomic E-state index is 1.02. The van der Waals surface area contributed by atoms with Gasteiger partial charge >= 0.3 is 0 Å². The van der Waals surface area contributed by atoms with Crippen molar-refractivity contribution in [1.29, 1.82) is 0 Å². The second kappa shape index (κ2) is 7.09. The Balaban J connectivity index is 2.35. The first kappa shape index (κ1) is 11.8. The third-order valence-corrected chi connectivity index (χ3v) is 3.57. The van der Waals surface area contributed by atoms with E-state index in [-0.39, 0.29) is 0 Å². The number of hydrogen-bond donors (Lipinski definition) is 0. The first-order valence-corrected chi connectivity index (χ1v) is 6.48. The minimum atomic E-state index is 1.02. The third-order valence-electron chi connectivity index (χ3n) is 3.57. The Kier molecular flexibility index (Phi) is 5.98. The molecule has 0 aromatic heterocycles. The summed E-state index contributed by atoms with van der Waals surface area (Å²) < 4.78 is 0. The molecule has 0 nitrogen and oxygen atoms in total. The van der Waals surface area contributed by atoms with Crippen molar-refractivity contribution in [1.82, 2.24) is 0 Å². The van der Waals surface area contributed by atoms with Crippen molar-refractivity contribution >= 4 is 0 Å². The van der Waals surface area contributed by atoms with Gasteiger partial charge in [-0.15, -0.1) is 0 Å². The van der Waals surface area contributed by atoms with Crippen LogP contribution in [0.5, 0.6) is 0 Å². The van der Waals surface area contributed by atoms with Gasteiger partial charge in [0.25, 0.3) is 0 Å². The van der Waals surface area contributed by atoms with E-state index in [2.05, 4.69) is 19.9 Å². The Bertz CT molecular complexity index is 167. The molecular formula is C14H26. The Morgan fingerprint density at radius 1 is 1.14 bits per heavy atom. The van der Waals surface area contributed by atoms with Crippen LogP contribution < -0.4 is 0 Å². The molecule has 82 valence electrons. The maximum Gasteiger partial charge on any atom is -0.0323 e. The van der Waals surface area contributed by atoms with E-state index in [1.807, 2.05) is 0 Å². The predicted octanol–water partition coefficient (Wildman–Crippen LogP) is 5.09. The first-order valence-electron chi connectivity index (χ1n) is 6.48. The van der Waals surface area contributed by atoms with Gasteiger partial charge in [0.2, 0.25) is 0 Å². The third kappa shape index (κ3) is 4.83. The minimum Gasteiger partial charge on any atom is -0.0856 e. The molecule has 0 aromatic rings. The number of rotatable bonds is 1. The molecule has 0 radical (unpaired) electrons. The molecule has 0 saturated heterocycles. The van der Waals surface area contributed by atoms with E-state index in [0.29, 0.717) is 0 Å². The Morgan fingerprint density at radius 2 is 1.93 bits per heavy atom. The molecule has 0 aromatic carbocycles. The molecule has 0 fully saturated rings. The summed E-state index contributed by atoms with van der Waals surface area (Å²) in [6.45, 7) is 4.65. The molecule has 1 atom stereocenters. The smallest absolute Gasteiger partial charge is 0.0323 e. The van der Waals surface area contributed by atoms with Crippen molar-refractivity contribution < 1.29 is 0 Å². The molecular weight excluding hydrogens is 168 g/mol. The fourth-order valence-corrected chi connectivity index (χ4v) is 2.42. The Hall–Kier alpha value is -0.260. The van der Waals surface area contributed by atoms with Crippen LogP contribution in [0, 0.1) is 5.92 Å². The van der Waals surface area contributed by atoms with E-state index in [4.69, 9.17) is 0 Å². The maximum absolute atomic E-state index is 2.47. The lowest BCUT2D eigenvalue weighted by Crippen LogP contribution is -1.98. The van der Waals surface area contributed by atoms with Crippen molar-refractivity contribution in [2.24, 2.45) is 5.92 Å². The van der Waals surface area contributed by atoms with Crippen LogP contribution >= 0.6 is 0 Å². The van der Waals surface area contributed by atoms with Gasteiger partial charge in [0.1, 0.15) is 0 Å². The summed E-state index contributed by atoms with van der Waals surface area (Å²) in [5, 5.41) is 0. The van der Waals surface area contributed by atoms with Crippen LogP contribution in [-0.2, 0) is 0 Å². The van der Waals surface area contributed by atoms with Gasteiger partial charge in [-0.05, 0) is 38.5 Å². The van der Waals surface area contributed by atoms with Crippen molar-refractivity contribution in [3.05, 3.63) is 11.6 Å². The molecule has 1 aliphatic rings. The SMILES string of the molecule is CCC1CCCC=C(C)CCCCC1. The molecule has 0 bridgehead atoms. The van der Waals surface area contributed by atoms with Crippen LogP contribution in [0.3, 0.4) is 0 Å². The number of hydrogen-bond acceptors (Lipinski definition) is 0. The molecule has 14 heavy (non-hydrogen) atoms. The summed E-state index contributed by atoms with van der Waals surface area (Å²) in [6.07, 6.45) is 15.2. The average molecular weight is 194 g/mol. The van der Waals surface area contributed by atoms with Crippen molar-refractivity contribution in [3.63, 3.8) is 0 Å². The van der Waals surface area contributed by atoms with Gasteiger partial charge < -0.3 is 0 Å². The zero-order valence-corrected chi connectivity index (χ0v) is 10.0. The highest BCUT2D eigenvalue weighted by molar-refractivity contribution is 4.97. The van der Waals surface area contributed by atoms with Gasteiger partial charge in [-0.2, -0.15) is 0 Å². The highest BCUT2D eigenvalue weighted by atomic mass is 14.1. The predicted molar refractivity (Wildman–Crippen MR) is 64.5 cm³/mol. The molecule has 0 spiro atoms. The average Bonchev–Trinajstić information content (AvgIpc) is 2.23. The summed E-state index contributed by atoms with van der Waals surface area (Å²) in [7, 11) is 0. The Labute approximate surface area is 89.8 Å². The molecule has 0 amide bonds. The molecule has 1 aliphatic carbocycles. The van der Waals surface area contributed by atoms with Crippen LogP contribution in [0.4, 0.5) is 0 Å². The highest BCUT2D eigenvalue weighted by Crippen LogP contribution is 2.22. The fraction of sp³-hybridized carbons (Fsp3) is 0.857. The van der Waals surface area contributed by atoms with Crippen LogP contribution in [0.15, 0.2) is 11.6 Å². The fourth-order valence-electron chi connectivity index (χ4n) is 2.42. The van der Waals surface area contributed by atoms with Gasteiger partial charge in [-0.1, -0.05) is 50.7 Å². The normalized spacial score (nSPS) is 26.4. The van der Waals surface area contributed by atoms with E-state index < -0.39 is 0 Å². The molecule has 0 saturated carbocycles. The topological polar surface area (TPSA) is 0 Å². The van der Waals surface area contributed by atoms with Crippen LogP contribution in [0.2, 0.25) is 0 Å². The van der Waals surface area contributed by atoms with E-state index >= 15 is 0 Å². The summed E-state index contributed by atoms with van der Waals surface area (Å²) in [5.41, 5.74) is 1.62. The van der Waals surface area contributed by atoms with E-state index in [0.717, 1.165) is 5.92 Å². The lowest BCUT2D eigenvalue weighted by Gasteiger charge is -2.13. The van der Waals surface area contributed by atoms with Crippen molar-refractivity contribution in [3.8, 4) is 0 Å². The highest BCUT2D eigenvalue weighted by Gasteiger charge is 2.06. The molecule has 0 aliphatic heterocycles. The summed E-state index contributed by atoms with van der Waals surface area (Å²) >= 11 is 0. The molecule has 0 N–H and O–H groups in total. The second-order valence-electron chi connectivity index (χ2n) is 4.85. The summed E-state index contributed by atoms with van der Waals surface area (Å²) in [5.74, 6) is 1.02. The summed E-state index contributed by atoms with van der Waals surface area (Å²) in [6, 6.07) is 0. The lowest BCUT2D eigenvalue weighted by atomic mass is 9.93. The first-order chi connectivity index (χ1) is 6.83. The van der Waals surface area contributed by atoms with Gasteiger partial charge in [0.15, 0.2) is 0 Å². The van der Waals surface area contributed by atoms with Gasteiger partial charge in [0.05, 0.1) is 0 Å². The summed E-state index contributed by atoms with van der Waals surface area (Å²) in [4.78, 5) is 0. The zero-order valence-electron chi connectivity index (χ0n) is 10.0. The zero-order chi connectivity index (χ0) is 10.2. The van der Waals surface area contributed by atoms with Gasteiger partial charge in [-0.3, -0.25) is 0 Å². The van der Waals surface area contributed by atoms with Crippen molar-refractivity contribution in [2.45, 2.75) is 71.6 Å². The van der Waals surface area contributed by atoms with E-state index in [9.17, 15) is 0 Å². The Morgan fingerprint density at radius 3 is 2.71 bits per heavy atom. The van der Waals surface area contributed by atoms with E-state index in [1.54, 1.807) is 5.57 Å². The molecule has 0 heteroatoms. The van der Waals surface area contributed by atoms with Crippen molar-refractivity contribution in [2.75, 3.05) is 0 Å². The van der Waals surface area contributed by atoms with Crippen LogP contribution in [-0.4, -0.2) is 0 Å². The second-order valence-corrected chi connectivity index (χ2v) is 4.85. The lowest BCUT2D eigenvalue weighted by molar-refractivity contribution is 0.407. The quantitative estimate of drug-likeness (QED) is 0.510. The number of allylic oxidation sites excluding steroid dienone is 2. The monoisotopic (exact) mass is 194 g/mol. The van der Waals surface area contributed by atoms with Gasteiger partial charge in [-0.25, -0.2) is 0 Å².